The minimum absolute atomic E-state index is 0.0204. The number of anilines is 1. The Morgan fingerprint density at radius 3 is 2.44 bits per heavy atom. The zero-order valence-corrected chi connectivity index (χ0v) is 11.5. The van der Waals surface area contributed by atoms with Crippen LogP contribution in [0.1, 0.15) is 5.56 Å². The van der Waals surface area contributed by atoms with Gasteiger partial charge in [0.1, 0.15) is 0 Å². The number of hydrogen-bond donors (Lipinski definition) is 1. The largest absolute Gasteiger partial charge is 0.282 e. The van der Waals surface area contributed by atoms with Crippen LogP contribution in [-0.4, -0.2) is 20.1 Å². The molecule has 0 saturated heterocycles. The van der Waals surface area contributed by atoms with Crippen LogP contribution in [0.3, 0.4) is 0 Å². The van der Waals surface area contributed by atoms with E-state index in [2.05, 4.69) is 4.72 Å². The van der Waals surface area contributed by atoms with Crippen molar-refractivity contribution in [3.8, 4) is 0 Å². The van der Waals surface area contributed by atoms with E-state index in [1.165, 1.54) is 6.07 Å². The molecule has 0 saturated carbocycles. The maximum Gasteiger partial charge on any atom is 0.233 e. The predicted molar refractivity (Wildman–Crippen MR) is 69.3 cm³/mol. The average Bonchev–Trinajstić information content (AvgIpc) is 2.13. The van der Waals surface area contributed by atoms with E-state index < -0.39 is 10.0 Å². The van der Waals surface area contributed by atoms with Crippen molar-refractivity contribution in [1.29, 1.82) is 0 Å². The lowest BCUT2D eigenvalue weighted by molar-refractivity contribution is 0.602. The molecule has 1 aromatic rings. The Morgan fingerprint density at radius 2 is 1.88 bits per heavy atom. The highest BCUT2D eigenvalue weighted by atomic mass is 35.5. The van der Waals surface area contributed by atoms with E-state index in [0.717, 1.165) is 5.56 Å². The molecule has 0 aliphatic heterocycles. The maximum absolute atomic E-state index is 11.5. The Hall–Kier alpha value is -0.160. The van der Waals surface area contributed by atoms with E-state index in [4.69, 9.17) is 34.8 Å². The summed E-state index contributed by atoms with van der Waals surface area (Å²) in [5.41, 5.74) is 1.05. The second-order valence-corrected chi connectivity index (χ2v) is 6.23. The second kappa shape index (κ2) is 5.45. The predicted octanol–water partition coefficient (Wildman–Crippen LogP) is 3.28. The fourth-order valence-electron chi connectivity index (χ4n) is 1.04. The minimum Gasteiger partial charge on any atom is -0.282 e. The van der Waals surface area contributed by atoms with E-state index in [9.17, 15) is 8.42 Å². The van der Waals surface area contributed by atoms with Gasteiger partial charge in [-0.3, -0.25) is 4.72 Å². The smallest absolute Gasteiger partial charge is 0.233 e. The highest BCUT2D eigenvalue weighted by Crippen LogP contribution is 2.29. The van der Waals surface area contributed by atoms with Crippen LogP contribution >= 0.6 is 34.8 Å². The third-order valence-corrected chi connectivity index (χ3v) is 4.27. The summed E-state index contributed by atoms with van der Waals surface area (Å²) in [6, 6.07) is 3.08. The van der Waals surface area contributed by atoms with Gasteiger partial charge in [0, 0.05) is 10.9 Å². The normalized spacial score (nSPS) is 11.5. The molecule has 0 heterocycles. The first-order chi connectivity index (χ1) is 7.35. The van der Waals surface area contributed by atoms with Crippen LogP contribution in [0.15, 0.2) is 12.1 Å². The summed E-state index contributed by atoms with van der Waals surface area (Å²) in [7, 11) is -3.46. The van der Waals surface area contributed by atoms with Crippen molar-refractivity contribution in [1.82, 2.24) is 0 Å². The molecule has 0 spiro atoms. The number of aryl methyl sites for hydroxylation is 1. The van der Waals surface area contributed by atoms with Gasteiger partial charge in [-0.05, 0) is 24.6 Å². The summed E-state index contributed by atoms with van der Waals surface area (Å²) >= 11 is 17.1. The third-order valence-electron chi connectivity index (χ3n) is 1.86. The first-order valence-electron chi connectivity index (χ1n) is 4.38. The molecule has 7 heteroatoms. The summed E-state index contributed by atoms with van der Waals surface area (Å²) in [5.74, 6) is -0.150. The van der Waals surface area contributed by atoms with Crippen molar-refractivity contribution >= 4 is 50.5 Å². The number of sulfonamides is 1. The van der Waals surface area contributed by atoms with Crippen molar-refractivity contribution in [3.63, 3.8) is 0 Å². The molecule has 16 heavy (non-hydrogen) atoms. The Morgan fingerprint density at radius 1 is 1.25 bits per heavy atom. The SMILES string of the molecule is Cc1cc(Cl)c(NS(=O)(=O)CCCl)cc1Cl. The Kier molecular flexibility index (Phi) is 4.73. The number of nitrogens with one attached hydrogen (secondary N) is 1. The quantitative estimate of drug-likeness (QED) is 0.868. The maximum atomic E-state index is 11.5. The zero-order valence-electron chi connectivity index (χ0n) is 8.43. The molecule has 3 nitrogen and oxygen atoms in total. The highest BCUT2D eigenvalue weighted by molar-refractivity contribution is 7.92. The molecule has 0 aliphatic rings. The number of benzene rings is 1. The van der Waals surface area contributed by atoms with Gasteiger partial charge in [-0.15, -0.1) is 11.6 Å². The Labute approximate surface area is 110 Å². The van der Waals surface area contributed by atoms with Gasteiger partial charge in [-0.1, -0.05) is 23.2 Å². The molecule has 0 aliphatic carbocycles. The van der Waals surface area contributed by atoms with Crippen LogP contribution in [-0.2, 0) is 10.0 Å². The number of hydrogen-bond acceptors (Lipinski definition) is 2. The molecule has 0 unspecified atom stereocenters. The molecule has 0 bridgehead atoms. The molecule has 0 amide bonds. The lowest BCUT2D eigenvalue weighted by Crippen LogP contribution is -2.17. The summed E-state index contributed by atoms with van der Waals surface area (Å²) in [6.45, 7) is 1.78. The number of alkyl halides is 1. The lowest BCUT2D eigenvalue weighted by atomic mass is 10.2. The van der Waals surface area contributed by atoms with Gasteiger partial charge in [0.25, 0.3) is 0 Å². The van der Waals surface area contributed by atoms with Gasteiger partial charge in [-0.2, -0.15) is 0 Å². The van der Waals surface area contributed by atoms with Crippen LogP contribution in [0.2, 0.25) is 10.0 Å². The molecular formula is C9H10Cl3NO2S. The summed E-state index contributed by atoms with van der Waals surface area (Å²) < 4.78 is 25.2. The van der Waals surface area contributed by atoms with Crippen LogP contribution in [0, 0.1) is 6.92 Å². The topological polar surface area (TPSA) is 46.2 Å². The van der Waals surface area contributed by atoms with E-state index >= 15 is 0 Å². The molecular weight excluding hydrogens is 293 g/mol. The molecule has 90 valence electrons. The van der Waals surface area contributed by atoms with E-state index in [-0.39, 0.29) is 17.3 Å². The van der Waals surface area contributed by atoms with Crippen molar-refractivity contribution in [2.45, 2.75) is 6.92 Å². The fourth-order valence-corrected chi connectivity index (χ4v) is 2.95. The Bertz CT molecular complexity index is 488. The van der Waals surface area contributed by atoms with Gasteiger partial charge in [0.05, 0.1) is 16.5 Å². The van der Waals surface area contributed by atoms with Crippen LogP contribution in [0.5, 0.6) is 0 Å². The van der Waals surface area contributed by atoms with E-state index in [0.29, 0.717) is 10.0 Å². The minimum atomic E-state index is -3.46. The molecule has 1 aromatic carbocycles. The van der Waals surface area contributed by atoms with Gasteiger partial charge in [-0.25, -0.2) is 8.42 Å². The Balaban J connectivity index is 3.03. The van der Waals surface area contributed by atoms with Gasteiger partial charge >= 0.3 is 0 Å². The van der Waals surface area contributed by atoms with Crippen molar-refractivity contribution < 1.29 is 8.42 Å². The van der Waals surface area contributed by atoms with Crippen molar-refractivity contribution in [3.05, 3.63) is 27.7 Å². The number of rotatable bonds is 4. The summed E-state index contributed by atoms with van der Waals surface area (Å²) in [4.78, 5) is 0. The fraction of sp³-hybridized carbons (Fsp3) is 0.333. The standard InChI is InChI=1S/C9H10Cl3NO2S/c1-6-4-8(12)9(5-7(6)11)13-16(14,15)3-2-10/h4-5,13H,2-3H2,1H3. The van der Waals surface area contributed by atoms with Gasteiger partial charge in [0.15, 0.2) is 0 Å². The highest BCUT2D eigenvalue weighted by Gasteiger charge is 2.12. The monoisotopic (exact) mass is 301 g/mol. The van der Waals surface area contributed by atoms with Crippen LogP contribution < -0.4 is 4.72 Å². The summed E-state index contributed by atoms with van der Waals surface area (Å²) in [5, 5.41) is 0.757. The summed E-state index contributed by atoms with van der Waals surface area (Å²) in [6.07, 6.45) is 0. The van der Waals surface area contributed by atoms with E-state index in [1.807, 2.05) is 0 Å². The first-order valence-corrected chi connectivity index (χ1v) is 7.32. The molecule has 0 atom stereocenters. The zero-order chi connectivity index (χ0) is 12.3. The molecule has 1 N–H and O–H groups in total. The average molecular weight is 303 g/mol. The molecule has 0 radical (unpaired) electrons. The van der Waals surface area contributed by atoms with Gasteiger partial charge < -0.3 is 0 Å². The third kappa shape index (κ3) is 3.70. The van der Waals surface area contributed by atoms with Gasteiger partial charge in [0.2, 0.25) is 10.0 Å². The van der Waals surface area contributed by atoms with E-state index in [1.54, 1.807) is 13.0 Å². The first kappa shape index (κ1) is 13.9. The van der Waals surface area contributed by atoms with Crippen LogP contribution in [0.4, 0.5) is 5.69 Å². The lowest BCUT2D eigenvalue weighted by Gasteiger charge is -2.10. The van der Waals surface area contributed by atoms with Crippen molar-refractivity contribution in [2.24, 2.45) is 0 Å². The second-order valence-electron chi connectivity index (χ2n) is 3.19. The molecule has 0 aromatic heterocycles. The molecule has 1 rings (SSSR count). The van der Waals surface area contributed by atoms with Crippen molar-refractivity contribution in [2.75, 3.05) is 16.4 Å². The number of halogens is 3. The molecule has 0 fully saturated rings. The van der Waals surface area contributed by atoms with Crippen LogP contribution in [0.25, 0.3) is 0 Å².